The Morgan fingerprint density at radius 1 is 1.25 bits per heavy atom. The molecule has 2 saturated heterocycles. The number of ether oxygens (including phenoxy) is 2. The highest BCUT2D eigenvalue weighted by molar-refractivity contribution is 8.13. The van der Waals surface area contributed by atoms with Gasteiger partial charge in [-0.05, 0) is 25.3 Å². The molecule has 3 aliphatic rings. The zero-order valence-electron chi connectivity index (χ0n) is 13.2. The van der Waals surface area contributed by atoms with Crippen molar-refractivity contribution in [1.82, 2.24) is 0 Å². The van der Waals surface area contributed by atoms with Crippen LogP contribution < -0.4 is 5.73 Å². The monoisotopic (exact) mass is 354 g/mol. The van der Waals surface area contributed by atoms with Crippen LogP contribution in [0.15, 0.2) is 23.2 Å². The molecule has 1 aromatic rings. The number of amidine groups is 1. The zero-order valence-corrected chi connectivity index (χ0v) is 14.0. The predicted octanol–water partition coefficient (Wildman–Crippen LogP) is 2.81. The fraction of sp³-hybridized carbons (Fsp3) is 0.588. The summed E-state index contributed by atoms with van der Waals surface area (Å²) < 4.78 is 39.6. The van der Waals surface area contributed by atoms with Crippen LogP contribution in [0.1, 0.15) is 24.8 Å². The minimum atomic E-state index is -0.873. The molecular formula is C17H20F2N2O2S. The fourth-order valence-electron chi connectivity index (χ4n) is 3.99. The molecule has 0 saturated carbocycles. The molecule has 1 aromatic carbocycles. The maximum Gasteiger partial charge on any atom is 0.154 e. The lowest BCUT2D eigenvalue weighted by Gasteiger charge is -2.47. The Labute approximate surface area is 143 Å². The third kappa shape index (κ3) is 2.72. The lowest BCUT2D eigenvalue weighted by atomic mass is 9.74. The molecule has 0 bridgehead atoms. The molecule has 0 radical (unpaired) electrons. The molecule has 0 spiro atoms. The van der Waals surface area contributed by atoms with Gasteiger partial charge in [0.05, 0.1) is 18.8 Å². The number of nitrogens with zero attached hydrogens (tertiary/aromatic N) is 1. The van der Waals surface area contributed by atoms with Crippen molar-refractivity contribution in [1.29, 1.82) is 0 Å². The summed E-state index contributed by atoms with van der Waals surface area (Å²) in [5.74, 6) is -0.362. The van der Waals surface area contributed by atoms with E-state index in [1.807, 2.05) is 0 Å². The van der Waals surface area contributed by atoms with E-state index in [0.29, 0.717) is 10.7 Å². The molecule has 3 aliphatic heterocycles. The number of aliphatic imine (C=N–C) groups is 1. The normalized spacial score (nSPS) is 36.2. The fourth-order valence-corrected chi connectivity index (χ4v) is 5.00. The second-order valence-corrected chi connectivity index (χ2v) is 7.68. The van der Waals surface area contributed by atoms with Crippen LogP contribution in [0.2, 0.25) is 0 Å². The molecule has 4 atom stereocenters. The summed E-state index contributed by atoms with van der Waals surface area (Å²) in [7, 11) is 0. The number of hydrogen-bond donors (Lipinski definition) is 1. The SMILES string of the molecule is NC1=N[C@@]2(c3ccc(F)cc3F)CO[C@H](C3CCCO3)C[C@H]2CS1. The van der Waals surface area contributed by atoms with Gasteiger partial charge in [0.1, 0.15) is 17.2 Å². The van der Waals surface area contributed by atoms with Gasteiger partial charge < -0.3 is 15.2 Å². The Hall–Kier alpha value is -1.18. The van der Waals surface area contributed by atoms with E-state index in [-0.39, 0.29) is 24.7 Å². The van der Waals surface area contributed by atoms with Gasteiger partial charge >= 0.3 is 0 Å². The van der Waals surface area contributed by atoms with E-state index < -0.39 is 17.2 Å². The van der Waals surface area contributed by atoms with Crippen molar-refractivity contribution in [3.63, 3.8) is 0 Å². The first-order chi connectivity index (χ1) is 11.6. The largest absolute Gasteiger partial charge is 0.379 e. The number of benzene rings is 1. The Kier molecular flexibility index (Phi) is 4.26. The molecule has 3 heterocycles. The quantitative estimate of drug-likeness (QED) is 0.887. The van der Waals surface area contributed by atoms with E-state index in [1.165, 1.54) is 23.9 Å². The van der Waals surface area contributed by atoms with Crippen molar-refractivity contribution in [2.75, 3.05) is 19.0 Å². The Morgan fingerprint density at radius 2 is 2.12 bits per heavy atom. The standard InChI is InChI=1S/C17H20F2N2O2S/c18-11-3-4-12(13(19)7-11)17-9-23-15(14-2-1-5-22-14)6-10(17)8-24-16(20)21-17/h3-4,7,10,14-15H,1-2,5-6,8-9H2,(H2,20,21)/t10-,14?,15-,17-/m0/s1. The maximum atomic E-state index is 14.5. The Bertz CT molecular complexity index is 666. The average molecular weight is 354 g/mol. The molecule has 4 nitrogen and oxygen atoms in total. The minimum Gasteiger partial charge on any atom is -0.379 e. The number of rotatable bonds is 2. The molecule has 0 aliphatic carbocycles. The summed E-state index contributed by atoms with van der Waals surface area (Å²) in [6, 6.07) is 3.64. The second kappa shape index (κ2) is 6.28. The van der Waals surface area contributed by atoms with Crippen LogP contribution in [0.5, 0.6) is 0 Å². The van der Waals surface area contributed by atoms with E-state index in [0.717, 1.165) is 37.7 Å². The van der Waals surface area contributed by atoms with Crippen LogP contribution >= 0.6 is 11.8 Å². The second-order valence-electron chi connectivity index (χ2n) is 6.64. The molecule has 0 amide bonds. The van der Waals surface area contributed by atoms with Gasteiger partial charge in [-0.3, -0.25) is 0 Å². The van der Waals surface area contributed by atoms with E-state index >= 15 is 0 Å². The van der Waals surface area contributed by atoms with Gasteiger partial charge in [-0.2, -0.15) is 0 Å². The van der Waals surface area contributed by atoms with Gasteiger partial charge in [0, 0.05) is 29.9 Å². The highest BCUT2D eigenvalue weighted by Gasteiger charge is 2.50. The molecule has 7 heteroatoms. The number of fused-ring (bicyclic) bond motifs is 1. The highest BCUT2D eigenvalue weighted by Crippen LogP contribution is 2.47. The van der Waals surface area contributed by atoms with Gasteiger partial charge in [-0.1, -0.05) is 17.8 Å². The predicted molar refractivity (Wildman–Crippen MR) is 88.9 cm³/mol. The van der Waals surface area contributed by atoms with Crippen LogP contribution in [0, 0.1) is 17.6 Å². The summed E-state index contributed by atoms with van der Waals surface area (Å²) >= 11 is 1.49. The first-order valence-electron chi connectivity index (χ1n) is 8.25. The van der Waals surface area contributed by atoms with Crippen LogP contribution in [0.25, 0.3) is 0 Å². The first-order valence-corrected chi connectivity index (χ1v) is 9.24. The first kappa shape index (κ1) is 16.3. The lowest BCUT2D eigenvalue weighted by molar-refractivity contribution is -0.113. The van der Waals surface area contributed by atoms with Gasteiger partial charge in [0.25, 0.3) is 0 Å². The number of nitrogens with two attached hydrogens (primary N) is 1. The molecule has 130 valence electrons. The molecule has 1 unspecified atom stereocenters. The lowest BCUT2D eigenvalue weighted by Crippen LogP contribution is -2.52. The van der Waals surface area contributed by atoms with E-state index in [4.69, 9.17) is 15.2 Å². The summed E-state index contributed by atoms with van der Waals surface area (Å²) in [6.45, 7) is 1.01. The third-order valence-corrected chi connectivity index (χ3v) is 6.18. The van der Waals surface area contributed by atoms with Crippen molar-refractivity contribution >= 4 is 16.9 Å². The molecule has 4 rings (SSSR count). The van der Waals surface area contributed by atoms with E-state index in [2.05, 4.69) is 4.99 Å². The number of hydrogen-bond acceptors (Lipinski definition) is 5. The van der Waals surface area contributed by atoms with Crippen molar-refractivity contribution in [3.05, 3.63) is 35.4 Å². The molecule has 2 N–H and O–H groups in total. The highest BCUT2D eigenvalue weighted by atomic mass is 32.2. The smallest absolute Gasteiger partial charge is 0.154 e. The van der Waals surface area contributed by atoms with Crippen molar-refractivity contribution in [3.8, 4) is 0 Å². The summed E-state index contributed by atoms with van der Waals surface area (Å²) in [6.07, 6.45) is 2.89. The van der Waals surface area contributed by atoms with Crippen LogP contribution in [-0.4, -0.2) is 36.3 Å². The van der Waals surface area contributed by atoms with Crippen LogP contribution in [0.3, 0.4) is 0 Å². The minimum absolute atomic E-state index is 0.00394. The Balaban J connectivity index is 1.69. The van der Waals surface area contributed by atoms with Gasteiger partial charge in [-0.15, -0.1) is 0 Å². The molecule has 0 aromatic heterocycles. The molecule has 2 fully saturated rings. The summed E-state index contributed by atoms with van der Waals surface area (Å²) in [5.41, 5.74) is 5.43. The Morgan fingerprint density at radius 3 is 2.88 bits per heavy atom. The van der Waals surface area contributed by atoms with E-state index in [9.17, 15) is 8.78 Å². The van der Waals surface area contributed by atoms with Crippen molar-refractivity contribution in [2.24, 2.45) is 16.6 Å². The molecule has 24 heavy (non-hydrogen) atoms. The van der Waals surface area contributed by atoms with Crippen LogP contribution in [-0.2, 0) is 15.0 Å². The van der Waals surface area contributed by atoms with Crippen molar-refractivity contribution < 1.29 is 18.3 Å². The zero-order chi connectivity index (χ0) is 16.7. The van der Waals surface area contributed by atoms with Gasteiger partial charge in [0.2, 0.25) is 0 Å². The topological polar surface area (TPSA) is 56.8 Å². The third-order valence-electron chi connectivity index (χ3n) is 5.23. The van der Waals surface area contributed by atoms with E-state index in [1.54, 1.807) is 0 Å². The van der Waals surface area contributed by atoms with Crippen molar-refractivity contribution in [2.45, 2.75) is 37.0 Å². The number of thioether (sulfide) groups is 1. The number of halogens is 2. The maximum absolute atomic E-state index is 14.5. The summed E-state index contributed by atoms with van der Waals surface area (Å²) in [4.78, 5) is 4.59. The molecular weight excluding hydrogens is 334 g/mol. The van der Waals surface area contributed by atoms with Crippen LogP contribution in [0.4, 0.5) is 8.78 Å². The van der Waals surface area contributed by atoms with Gasteiger partial charge in [-0.25, -0.2) is 13.8 Å². The summed E-state index contributed by atoms with van der Waals surface area (Å²) in [5, 5.41) is 0.425. The average Bonchev–Trinajstić information content (AvgIpc) is 3.08. The van der Waals surface area contributed by atoms with Gasteiger partial charge in [0.15, 0.2) is 5.17 Å².